The first-order chi connectivity index (χ1) is 14.5. The molecule has 1 aromatic carbocycles. The highest BCUT2D eigenvalue weighted by molar-refractivity contribution is 7.99. The zero-order chi connectivity index (χ0) is 20.8. The first kappa shape index (κ1) is 19.9. The zero-order valence-corrected chi connectivity index (χ0v) is 18.9. The summed E-state index contributed by atoms with van der Waals surface area (Å²) in [6.07, 6.45) is 2.61. The van der Waals surface area contributed by atoms with E-state index < -0.39 is 0 Å². The van der Waals surface area contributed by atoms with E-state index in [9.17, 15) is 9.59 Å². The van der Waals surface area contributed by atoms with E-state index in [0.717, 1.165) is 47.9 Å². The van der Waals surface area contributed by atoms with Crippen LogP contribution in [0.2, 0.25) is 5.02 Å². The van der Waals surface area contributed by atoms with Gasteiger partial charge in [0, 0.05) is 57.0 Å². The number of hydrogen-bond donors (Lipinski definition) is 0. The molecule has 1 atom stereocenters. The molecule has 0 N–H and O–H groups in total. The maximum Gasteiger partial charge on any atom is 0.259 e. The minimum Gasteiger partial charge on any atom is -0.338 e. The van der Waals surface area contributed by atoms with Gasteiger partial charge in [-0.2, -0.15) is 0 Å². The highest BCUT2D eigenvalue weighted by Crippen LogP contribution is 2.46. The van der Waals surface area contributed by atoms with Crippen molar-refractivity contribution < 1.29 is 4.79 Å². The van der Waals surface area contributed by atoms with E-state index in [1.165, 1.54) is 4.88 Å². The Morgan fingerprint density at radius 2 is 1.97 bits per heavy atom. The van der Waals surface area contributed by atoms with E-state index in [2.05, 4.69) is 16.0 Å². The summed E-state index contributed by atoms with van der Waals surface area (Å²) >= 11 is 9.79. The molecule has 4 heterocycles. The molecule has 0 bridgehead atoms. The van der Waals surface area contributed by atoms with Crippen molar-refractivity contribution in [2.75, 3.05) is 13.1 Å². The minimum atomic E-state index is -0.178. The van der Waals surface area contributed by atoms with Crippen LogP contribution in [0, 0.1) is 6.92 Å². The van der Waals surface area contributed by atoms with Gasteiger partial charge in [-0.1, -0.05) is 17.7 Å². The number of hydrogen-bond acceptors (Lipinski definition) is 4. The van der Waals surface area contributed by atoms with Crippen molar-refractivity contribution in [3.05, 3.63) is 78.9 Å². The molecular formula is C23H21ClN2O2S2. The maximum atomic E-state index is 13.4. The van der Waals surface area contributed by atoms with Gasteiger partial charge in [0.2, 0.25) is 0 Å². The number of thioether (sulfide) groups is 1. The summed E-state index contributed by atoms with van der Waals surface area (Å²) < 4.78 is 2.09. The third kappa shape index (κ3) is 3.41. The second kappa shape index (κ2) is 7.91. The van der Waals surface area contributed by atoms with Gasteiger partial charge in [0.05, 0.1) is 5.69 Å². The summed E-state index contributed by atoms with van der Waals surface area (Å²) in [6, 6.07) is 11.6. The fraction of sp³-hybridized carbons (Fsp3) is 0.304. The zero-order valence-electron chi connectivity index (χ0n) is 16.6. The monoisotopic (exact) mass is 456 g/mol. The number of carbonyl (C=O) groups excluding carboxylic acids is 1. The van der Waals surface area contributed by atoms with E-state index in [4.69, 9.17) is 11.6 Å². The molecule has 0 saturated carbocycles. The third-order valence-corrected chi connectivity index (χ3v) is 8.43. The Morgan fingerprint density at radius 3 is 2.70 bits per heavy atom. The van der Waals surface area contributed by atoms with Crippen LogP contribution in [-0.2, 0) is 6.42 Å². The van der Waals surface area contributed by atoms with Gasteiger partial charge in [-0.25, -0.2) is 0 Å². The number of thiophene rings is 1. The van der Waals surface area contributed by atoms with Crippen LogP contribution in [0.25, 0.3) is 5.69 Å². The molecule has 30 heavy (non-hydrogen) atoms. The number of aromatic nitrogens is 1. The number of halogens is 1. The van der Waals surface area contributed by atoms with Crippen LogP contribution < -0.4 is 5.43 Å². The summed E-state index contributed by atoms with van der Waals surface area (Å²) in [5, 5.41) is 2.86. The molecule has 7 heteroatoms. The number of carbonyl (C=O) groups is 1. The van der Waals surface area contributed by atoms with Crippen molar-refractivity contribution in [3.8, 4) is 5.69 Å². The van der Waals surface area contributed by atoms with Crippen LogP contribution in [0.1, 0.15) is 44.7 Å². The molecular weight excluding hydrogens is 436 g/mol. The third-order valence-electron chi connectivity index (χ3n) is 5.78. The minimum absolute atomic E-state index is 0.113. The summed E-state index contributed by atoms with van der Waals surface area (Å²) in [6.45, 7) is 3.38. The van der Waals surface area contributed by atoms with E-state index in [1.807, 2.05) is 36.1 Å². The Labute approximate surface area is 188 Å². The van der Waals surface area contributed by atoms with Gasteiger partial charge in [-0.05, 0) is 49.4 Å². The molecule has 3 aromatic rings. The van der Waals surface area contributed by atoms with Crippen LogP contribution in [0.5, 0.6) is 0 Å². The summed E-state index contributed by atoms with van der Waals surface area (Å²) in [4.78, 5) is 30.6. The lowest BCUT2D eigenvalue weighted by Crippen LogP contribution is -2.34. The summed E-state index contributed by atoms with van der Waals surface area (Å²) in [7, 11) is 0. The predicted octanol–water partition coefficient (Wildman–Crippen LogP) is 5.49. The summed E-state index contributed by atoms with van der Waals surface area (Å²) in [5.74, 6) is -0.131. The average Bonchev–Trinajstić information content (AvgIpc) is 3.40. The largest absolute Gasteiger partial charge is 0.338 e. The molecule has 0 spiro atoms. The number of nitrogens with zero attached hydrogens (tertiary/aromatic N) is 2. The van der Waals surface area contributed by atoms with Crippen molar-refractivity contribution in [2.45, 2.75) is 36.3 Å². The first-order valence-electron chi connectivity index (χ1n) is 10.1. The number of rotatable bonds is 2. The van der Waals surface area contributed by atoms with Gasteiger partial charge < -0.3 is 9.47 Å². The van der Waals surface area contributed by atoms with Gasteiger partial charge in [-0.3, -0.25) is 9.59 Å². The molecule has 2 aliphatic heterocycles. The molecule has 1 saturated heterocycles. The van der Waals surface area contributed by atoms with Crippen molar-refractivity contribution in [2.24, 2.45) is 0 Å². The molecule has 1 unspecified atom stereocenters. The molecule has 4 nitrogen and oxygen atoms in total. The van der Waals surface area contributed by atoms with Crippen LogP contribution in [-0.4, -0.2) is 28.5 Å². The van der Waals surface area contributed by atoms with Crippen LogP contribution >= 0.6 is 34.7 Å². The van der Waals surface area contributed by atoms with Crippen LogP contribution in [0.3, 0.4) is 0 Å². The number of benzene rings is 1. The summed E-state index contributed by atoms with van der Waals surface area (Å²) in [5.41, 5.74) is 2.77. The number of fused-ring (bicyclic) bond motifs is 3. The average molecular weight is 457 g/mol. The number of likely N-dealkylation sites (tertiary alicyclic amines) is 1. The smallest absolute Gasteiger partial charge is 0.259 e. The van der Waals surface area contributed by atoms with Crippen molar-refractivity contribution in [3.63, 3.8) is 0 Å². The Kier molecular flexibility index (Phi) is 5.25. The molecule has 2 aliphatic rings. The SMILES string of the molecule is Cc1cc(=O)c(C(=O)N2CCCC2)c2n1-c1ccc(Cl)cc1SC(c1cccs1)C2. The first-order valence-corrected chi connectivity index (χ1v) is 12.2. The Hall–Kier alpha value is -2.02. The molecule has 1 amide bonds. The van der Waals surface area contributed by atoms with E-state index in [1.54, 1.807) is 29.2 Å². The lowest BCUT2D eigenvalue weighted by Gasteiger charge is -2.22. The molecule has 2 aromatic heterocycles. The quantitative estimate of drug-likeness (QED) is 0.512. The van der Waals surface area contributed by atoms with Gasteiger partial charge in [0.25, 0.3) is 5.91 Å². The molecule has 1 fully saturated rings. The van der Waals surface area contributed by atoms with Gasteiger partial charge in [0.1, 0.15) is 5.56 Å². The van der Waals surface area contributed by atoms with E-state index in [0.29, 0.717) is 17.0 Å². The number of pyridine rings is 1. The van der Waals surface area contributed by atoms with Gasteiger partial charge in [-0.15, -0.1) is 23.1 Å². The van der Waals surface area contributed by atoms with Gasteiger partial charge in [0.15, 0.2) is 5.43 Å². The molecule has 5 rings (SSSR count). The van der Waals surface area contributed by atoms with Crippen molar-refractivity contribution in [1.29, 1.82) is 0 Å². The Morgan fingerprint density at radius 1 is 1.17 bits per heavy atom. The highest BCUT2D eigenvalue weighted by atomic mass is 35.5. The number of aryl methyl sites for hydroxylation is 1. The highest BCUT2D eigenvalue weighted by Gasteiger charge is 2.32. The maximum absolute atomic E-state index is 13.4. The standard InChI is InChI=1S/C23H21ClN2O2S2/c1-14-11-18(27)22(23(28)25-8-2-3-9-25)17-13-21(19-5-4-10-29-19)30-20-12-15(24)6-7-16(20)26(14)17/h4-7,10-12,21H,2-3,8-9,13H2,1H3. The second-order valence-electron chi connectivity index (χ2n) is 7.74. The fourth-order valence-corrected chi connectivity index (χ4v) is 6.87. The van der Waals surface area contributed by atoms with E-state index in [-0.39, 0.29) is 16.6 Å². The van der Waals surface area contributed by atoms with Crippen molar-refractivity contribution >= 4 is 40.6 Å². The van der Waals surface area contributed by atoms with E-state index >= 15 is 0 Å². The Balaban J connectivity index is 1.76. The lowest BCUT2D eigenvalue weighted by atomic mass is 10.0. The van der Waals surface area contributed by atoms with Crippen molar-refractivity contribution in [1.82, 2.24) is 9.47 Å². The second-order valence-corrected chi connectivity index (χ2v) is 10.4. The molecule has 0 aliphatic carbocycles. The predicted molar refractivity (Wildman–Crippen MR) is 124 cm³/mol. The molecule has 0 radical (unpaired) electrons. The Bertz CT molecular complexity index is 1180. The fourth-order valence-electron chi connectivity index (χ4n) is 4.40. The van der Waals surface area contributed by atoms with Crippen LogP contribution in [0.15, 0.2) is 51.5 Å². The van der Waals surface area contributed by atoms with Crippen LogP contribution in [0.4, 0.5) is 0 Å². The topological polar surface area (TPSA) is 42.3 Å². The van der Waals surface area contributed by atoms with Gasteiger partial charge >= 0.3 is 0 Å². The lowest BCUT2D eigenvalue weighted by molar-refractivity contribution is 0.0789. The molecule has 154 valence electrons. The number of amides is 1. The normalized spacial score (nSPS) is 18.1.